The zero-order chi connectivity index (χ0) is 33.4. The second kappa shape index (κ2) is 116. The van der Waals surface area contributed by atoms with Crippen molar-refractivity contribution in [3.05, 3.63) is 15.6 Å². The summed E-state index contributed by atoms with van der Waals surface area (Å²) in [7, 11) is 2.03. The van der Waals surface area contributed by atoms with E-state index in [4.69, 9.17) is 115 Å². The first-order chi connectivity index (χ1) is 18.2. The number of nitrogens with zero attached hydrogens (tertiary/aromatic N) is 2. The number of rotatable bonds is 1. The average molecular weight is 654 g/mol. The Morgan fingerprint density at radius 1 is 0.649 bits per heavy atom. The molecule has 1 aliphatic heterocycles. The van der Waals surface area contributed by atoms with Gasteiger partial charge in [-0.1, -0.05) is 0 Å². The fraction of sp³-hybridized carbons (Fsp3) is 0.500. The van der Waals surface area contributed by atoms with Crippen LogP contribution in [0.25, 0.3) is 0 Å². The van der Waals surface area contributed by atoms with Crippen molar-refractivity contribution in [2.24, 2.45) is 0 Å². The van der Waals surface area contributed by atoms with E-state index in [2.05, 4.69) is 9.88 Å². The van der Waals surface area contributed by atoms with E-state index in [-0.39, 0.29) is 5.01 Å². The number of aromatic carboxylic acids is 1. The maximum Gasteiger partial charge on any atom is 0.365 e. The van der Waals surface area contributed by atoms with Crippen LogP contribution in [0.2, 0.25) is 0 Å². The lowest BCUT2D eigenvalue weighted by Gasteiger charge is -2.20. The van der Waals surface area contributed by atoms with Gasteiger partial charge in [0.1, 0.15) is 0 Å². The predicted octanol–water partition coefficient (Wildman–Crippen LogP) is 10.9. The van der Waals surface area contributed by atoms with Gasteiger partial charge in [-0.2, -0.15) is 0 Å². The molecule has 2 heterocycles. The maximum absolute atomic E-state index is 10.6. The Morgan fingerprint density at radius 2 is 0.919 bits per heavy atom. The Balaban J connectivity index is -0.0000000268. The number of carboxylic acids is 1. The number of fused-ring (bicyclic) bond motifs is 1. The van der Waals surface area contributed by atoms with Gasteiger partial charge >= 0.3 is 5.97 Å². The van der Waals surface area contributed by atoms with Gasteiger partial charge in [-0.25, -0.2) is 9.78 Å². The molecule has 0 aliphatic carbocycles. The lowest BCUT2D eigenvalue weighted by atomic mass is 10.2. The van der Waals surface area contributed by atoms with Crippen molar-refractivity contribution < 1.29 is 120 Å². The molecule has 0 amide bonds. The van der Waals surface area contributed by atoms with E-state index in [1.165, 1.54) is 11.3 Å². The molecule has 1 aromatic heterocycles. The van der Waals surface area contributed by atoms with E-state index in [1.807, 2.05) is 7.05 Å². The first kappa shape index (κ1) is 70.1. The van der Waals surface area contributed by atoms with Crippen LogP contribution in [0.1, 0.15) is 20.4 Å². The highest BCUT2D eigenvalue weighted by molar-refractivity contribution is 7.13. The summed E-state index contributed by atoms with van der Waals surface area (Å²) in [5.41, 5.74) is 0.973. The normalized spacial score (nSPS) is 7.92. The number of hydrogen-bond donors (Lipinski definition) is 1. The largest absolute Gasteiger partial charge is 0.476 e. The SMILES string of the molecule is CN1CCc2nc(C(=O)O)sc2C1.FF.FF.FF.FF.FF.FF.FF.FF.FF.FF.FF.FF. The summed E-state index contributed by atoms with van der Waals surface area (Å²) in [6.07, 6.45) is 0.871. The zero-order valence-corrected chi connectivity index (χ0v) is 17.2. The van der Waals surface area contributed by atoms with Crippen LogP contribution < -0.4 is 0 Å². The number of carboxylic acid groups (broad SMARTS) is 1. The standard InChI is InChI=1S/C8H10N2O2S.12F2/c1-10-3-2-5-6(4-10)13-7(9-5)8(11)12;12*1-2/h2-4H2,1H3,(H,11,12);;;;;;;;;;;;. The van der Waals surface area contributed by atoms with E-state index in [0.29, 0.717) is 0 Å². The molecule has 1 N–H and O–H groups in total. The van der Waals surface area contributed by atoms with E-state index < -0.39 is 5.97 Å². The van der Waals surface area contributed by atoms with Crippen LogP contribution in [0.5, 0.6) is 0 Å². The Bertz CT molecular complexity index is 383. The molecular weight excluding hydrogens is 644 g/mol. The van der Waals surface area contributed by atoms with Crippen LogP contribution in [0.3, 0.4) is 0 Å². The highest BCUT2D eigenvalue weighted by atomic mass is 32.1. The van der Waals surface area contributed by atoms with Crippen molar-refractivity contribution in [3.63, 3.8) is 0 Å². The molecule has 0 saturated carbocycles. The molecule has 37 heavy (non-hydrogen) atoms. The molecule has 0 spiro atoms. The third-order valence-corrected chi connectivity index (χ3v) is 3.18. The van der Waals surface area contributed by atoms with Crippen LogP contribution >= 0.6 is 11.3 Å². The van der Waals surface area contributed by atoms with Crippen molar-refractivity contribution in [2.75, 3.05) is 13.6 Å². The van der Waals surface area contributed by atoms with Gasteiger partial charge in [0.2, 0.25) is 5.01 Å². The minimum Gasteiger partial charge on any atom is -0.476 e. The highest BCUT2D eigenvalue weighted by Crippen LogP contribution is 2.24. The van der Waals surface area contributed by atoms with Crippen LogP contribution in [0, 0.1) is 0 Å². The number of hydrogen-bond acceptors (Lipinski definition) is 4. The Hall–Kier alpha value is -2.62. The number of aromatic nitrogens is 1. The summed E-state index contributed by atoms with van der Waals surface area (Å²) < 4.78 is 192. The van der Waals surface area contributed by atoms with Crippen LogP contribution in [-0.2, 0) is 13.0 Å². The highest BCUT2D eigenvalue weighted by Gasteiger charge is 2.20. The molecule has 4 nitrogen and oxygen atoms in total. The number of halogens is 24. The summed E-state index contributed by atoms with van der Waals surface area (Å²) in [5.74, 6) is -0.915. The topological polar surface area (TPSA) is 53.4 Å². The number of carbonyl (C=O) groups is 1. The summed E-state index contributed by atoms with van der Waals surface area (Å²) in [6, 6.07) is 0. The number of likely N-dealkylation sites (N-methyl/N-ethyl adjacent to an activating group) is 1. The van der Waals surface area contributed by atoms with Crippen LogP contribution in [0.15, 0.2) is 0 Å². The first-order valence-electron chi connectivity index (χ1n) is 5.78. The molecule has 2 rings (SSSR count). The van der Waals surface area contributed by atoms with E-state index in [9.17, 15) is 4.79 Å². The van der Waals surface area contributed by atoms with Crippen molar-refractivity contribution in [1.82, 2.24) is 9.88 Å². The average Bonchev–Trinajstić information content (AvgIpc) is 3.49. The zero-order valence-electron chi connectivity index (χ0n) is 16.4. The summed E-state index contributed by atoms with van der Waals surface area (Å²) >= 11 is 1.29. The van der Waals surface area contributed by atoms with Crippen LogP contribution in [0.4, 0.5) is 110 Å². The summed E-state index contributed by atoms with van der Waals surface area (Å²) in [6.45, 7) is 1.80. The molecule has 29 heteroatoms. The third kappa shape index (κ3) is 65.6. The smallest absolute Gasteiger partial charge is 0.365 e. The van der Waals surface area contributed by atoms with Crippen molar-refractivity contribution in [2.45, 2.75) is 13.0 Å². The summed E-state index contributed by atoms with van der Waals surface area (Å²) in [5, 5.41) is 8.96. The van der Waals surface area contributed by atoms with E-state index in [0.717, 1.165) is 30.1 Å². The number of thiazole rings is 1. The molecule has 0 fully saturated rings. The monoisotopic (exact) mass is 654 g/mol. The molecule has 0 bridgehead atoms. The van der Waals surface area contributed by atoms with Crippen molar-refractivity contribution in [3.8, 4) is 0 Å². The predicted molar refractivity (Wildman–Crippen MR) is 75.7 cm³/mol. The van der Waals surface area contributed by atoms with Gasteiger partial charge in [-0.3, -0.25) is 0 Å². The Morgan fingerprint density at radius 3 is 1.16 bits per heavy atom. The molecule has 0 unspecified atom stereocenters. The van der Waals surface area contributed by atoms with Crippen molar-refractivity contribution >= 4 is 17.3 Å². The van der Waals surface area contributed by atoms with Gasteiger partial charge in [0.25, 0.3) is 0 Å². The van der Waals surface area contributed by atoms with Gasteiger partial charge in [-0.05, 0) is 7.05 Å². The minimum atomic E-state index is -0.915. The van der Waals surface area contributed by atoms with Gasteiger partial charge in [0.15, 0.2) is 0 Å². The van der Waals surface area contributed by atoms with Gasteiger partial charge < -0.3 is 10.0 Å². The molecule has 238 valence electrons. The quantitative estimate of drug-likeness (QED) is 0.306. The molecule has 1 aromatic rings. The molecule has 0 saturated heterocycles. The Kier molecular flexibility index (Phi) is 219. The van der Waals surface area contributed by atoms with Crippen molar-refractivity contribution in [1.29, 1.82) is 0 Å². The fourth-order valence-electron chi connectivity index (χ4n) is 1.41. The molecule has 0 aromatic carbocycles. The third-order valence-electron chi connectivity index (χ3n) is 2.11. The molecular formula is C8H10F24N2O2S. The maximum atomic E-state index is 10.6. The van der Waals surface area contributed by atoms with Gasteiger partial charge in [-0.15, -0.1) is 11.3 Å². The second-order valence-corrected chi connectivity index (χ2v) is 4.27. The van der Waals surface area contributed by atoms with Gasteiger partial charge in [0, 0.05) is 134 Å². The molecule has 0 atom stereocenters. The van der Waals surface area contributed by atoms with Crippen LogP contribution in [-0.4, -0.2) is 34.6 Å². The molecule has 0 radical (unpaired) electrons. The van der Waals surface area contributed by atoms with Gasteiger partial charge in [0.05, 0.1) is 5.69 Å². The Labute approximate surface area is 190 Å². The first-order valence-corrected chi connectivity index (χ1v) is 6.60. The van der Waals surface area contributed by atoms with E-state index in [1.54, 1.807) is 0 Å². The fourth-order valence-corrected chi connectivity index (χ4v) is 2.44. The lowest BCUT2D eigenvalue weighted by molar-refractivity contribution is 0.0696. The lowest BCUT2D eigenvalue weighted by Crippen LogP contribution is -2.25. The minimum absolute atomic E-state index is 0.223. The summed E-state index contributed by atoms with van der Waals surface area (Å²) in [4.78, 5) is 18.0. The molecule has 1 aliphatic rings. The second-order valence-electron chi connectivity index (χ2n) is 3.18. The van der Waals surface area contributed by atoms with E-state index >= 15 is 0 Å².